The van der Waals surface area contributed by atoms with Crippen LogP contribution < -0.4 is 4.74 Å². The van der Waals surface area contributed by atoms with Gasteiger partial charge in [0.1, 0.15) is 18.0 Å². The van der Waals surface area contributed by atoms with E-state index >= 15 is 0 Å². The molecule has 3 N–H and O–H groups in total. The number of hydrogen-bond donors (Lipinski definition) is 3. The zero-order valence-electron chi connectivity index (χ0n) is 25.3. The van der Waals surface area contributed by atoms with Gasteiger partial charge in [-0.2, -0.15) is 13.2 Å². The Hall–Kier alpha value is -2.51. The van der Waals surface area contributed by atoms with Crippen LogP contribution in [0.4, 0.5) is 18.0 Å². The molecule has 4 aliphatic carbocycles. The van der Waals surface area contributed by atoms with E-state index in [1.54, 1.807) is 32.6 Å². The fourth-order valence-corrected chi connectivity index (χ4v) is 8.44. The van der Waals surface area contributed by atoms with E-state index in [0.717, 1.165) is 25.3 Å². The largest absolute Gasteiger partial charge is 0.491 e. The number of fused-ring (bicyclic) bond motifs is 1. The first-order valence-corrected chi connectivity index (χ1v) is 15.1. The van der Waals surface area contributed by atoms with Crippen molar-refractivity contribution in [1.82, 2.24) is 14.5 Å². The van der Waals surface area contributed by atoms with E-state index < -0.39 is 53.6 Å². The predicted molar refractivity (Wildman–Crippen MR) is 152 cm³/mol. The van der Waals surface area contributed by atoms with E-state index in [2.05, 4.69) is 4.98 Å². The molecule has 1 aromatic heterocycles. The number of carbonyl (C=O) groups excluding carboxylic acids is 1. The smallest absolute Gasteiger partial charge is 0.458 e. The molecule has 1 amide bonds. The Morgan fingerprint density at radius 1 is 1.09 bits per heavy atom. The van der Waals surface area contributed by atoms with Crippen LogP contribution in [0.2, 0.25) is 5.31 Å². The summed E-state index contributed by atoms with van der Waals surface area (Å²) >= 11 is 0. The van der Waals surface area contributed by atoms with E-state index in [-0.39, 0.29) is 41.3 Å². The van der Waals surface area contributed by atoms with Crippen molar-refractivity contribution in [1.29, 1.82) is 0 Å². The lowest BCUT2D eigenvalue weighted by atomic mass is 9.26. The SMILES string of the molecule is C[C@H]1CC(B(O)O)(C23CC(C2)C3)C[C@@H](COc2cc(C(F)(F)F)c3c(c2)ncn3C2CC(C)(O)C2)N1C(=O)OC(C)(C)C. The minimum Gasteiger partial charge on any atom is -0.491 e. The molecular formula is C30H41BF3N3O6. The number of likely N-dealkylation sites (tertiary alicyclic amines) is 1. The summed E-state index contributed by atoms with van der Waals surface area (Å²) < 4.78 is 56.3. The van der Waals surface area contributed by atoms with Crippen molar-refractivity contribution in [2.75, 3.05) is 6.61 Å². The van der Waals surface area contributed by atoms with Gasteiger partial charge in [-0.25, -0.2) is 9.78 Å². The number of nitrogens with zero attached hydrogens (tertiary/aromatic N) is 3. The quantitative estimate of drug-likeness (QED) is 0.381. The highest BCUT2D eigenvalue weighted by Crippen LogP contribution is 2.78. The molecule has 43 heavy (non-hydrogen) atoms. The second-order valence-electron chi connectivity index (χ2n) is 14.9. The van der Waals surface area contributed by atoms with Crippen molar-refractivity contribution in [3.8, 4) is 5.75 Å². The number of aromatic nitrogens is 2. The number of amides is 1. The van der Waals surface area contributed by atoms with Crippen molar-refractivity contribution in [2.45, 2.75) is 120 Å². The first kappa shape index (κ1) is 30.5. The van der Waals surface area contributed by atoms with E-state index in [0.29, 0.717) is 25.2 Å². The number of aliphatic hydroxyl groups is 1. The number of benzene rings is 1. The average molecular weight is 607 g/mol. The van der Waals surface area contributed by atoms with Gasteiger partial charge in [0.2, 0.25) is 0 Å². The van der Waals surface area contributed by atoms with Gasteiger partial charge < -0.3 is 29.2 Å². The number of halogens is 3. The Morgan fingerprint density at radius 2 is 1.74 bits per heavy atom. The van der Waals surface area contributed by atoms with E-state index in [4.69, 9.17) is 9.47 Å². The van der Waals surface area contributed by atoms with Gasteiger partial charge in [-0.1, -0.05) is 0 Å². The third-order valence-corrected chi connectivity index (χ3v) is 10.5. The topological polar surface area (TPSA) is 117 Å². The molecule has 4 saturated carbocycles. The van der Waals surface area contributed by atoms with Gasteiger partial charge in [0.25, 0.3) is 0 Å². The second kappa shape index (κ2) is 9.75. The van der Waals surface area contributed by atoms with Crippen molar-refractivity contribution in [2.24, 2.45) is 11.3 Å². The number of imidazole rings is 1. The zero-order valence-corrected chi connectivity index (χ0v) is 25.3. The first-order valence-electron chi connectivity index (χ1n) is 15.1. The van der Waals surface area contributed by atoms with Crippen LogP contribution in [-0.2, 0) is 10.9 Å². The zero-order chi connectivity index (χ0) is 31.3. The molecule has 1 unspecified atom stereocenters. The molecule has 2 heterocycles. The summed E-state index contributed by atoms with van der Waals surface area (Å²) in [6.45, 7) is 8.61. The van der Waals surface area contributed by atoms with E-state index in [9.17, 15) is 33.1 Å². The van der Waals surface area contributed by atoms with Crippen LogP contribution in [-0.4, -0.2) is 72.7 Å². The molecule has 0 radical (unpaired) electrons. The summed E-state index contributed by atoms with van der Waals surface area (Å²) in [6, 6.07) is 1.02. The second-order valence-corrected chi connectivity index (χ2v) is 14.9. The van der Waals surface area contributed by atoms with Crippen LogP contribution in [0.25, 0.3) is 11.0 Å². The molecule has 3 atom stereocenters. The summed E-state index contributed by atoms with van der Waals surface area (Å²) in [4.78, 5) is 19.2. The highest BCUT2D eigenvalue weighted by Gasteiger charge is 2.72. The number of ether oxygens (including phenoxy) is 2. The Kier molecular flexibility index (Phi) is 6.92. The Labute approximate surface area is 249 Å². The van der Waals surface area contributed by atoms with Crippen molar-refractivity contribution >= 4 is 24.2 Å². The molecule has 1 aromatic carbocycles. The van der Waals surface area contributed by atoms with Crippen LogP contribution in [0, 0.1) is 11.3 Å². The predicted octanol–water partition coefficient (Wildman–Crippen LogP) is 5.32. The van der Waals surface area contributed by atoms with Gasteiger partial charge in [-0.05, 0) is 97.0 Å². The van der Waals surface area contributed by atoms with Gasteiger partial charge >= 0.3 is 19.4 Å². The maximum atomic E-state index is 14.4. The Balaban J connectivity index is 1.31. The molecule has 2 bridgehead atoms. The first-order chi connectivity index (χ1) is 19.8. The standard InChI is InChI=1S/C30H41BF3N3O6/c1-17-8-29(31(40)41,28-9-18(10-28)11-28)14-20(37(17)25(38)43-26(2,3)4)15-42-21-6-22(30(32,33)34)24-23(7-21)35-16-36(24)19-12-27(5,39)13-19/h6-7,16-20,39-41H,8-15H2,1-5H3/t17-,18?,19?,20-,27?,28?,29?/m0/s1. The van der Waals surface area contributed by atoms with Crippen molar-refractivity contribution in [3.05, 3.63) is 24.0 Å². The third kappa shape index (κ3) is 5.09. The molecule has 13 heteroatoms. The number of rotatable bonds is 6. The number of carbonyl (C=O) groups is 1. The minimum atomic E-state index is -4.69. The van der Waals surface area contributed by atoms with Crippen LogP contribution in [0.5, 0.6) is 5.75 Å². The van der Waals surface area contributed by atoms with Gasteiger partial charge in [0, 0.05) is 23.5 Å². The molecular weight excluding hydrogens is 566 g/mol. The minimum absolute atomic E-state index is 0.0475. The summed E-state index contributed by atoms with van der Waals surface area (Å²) in [5.74, 6) is 0.539. The molecule has 5 aliphatic rings. The maximum absolute atomic E-state index is 14.4. The third-order valence-electron chi connectivity index (χ3n) is 10.5. The fraction of sp³-hybridized carbons (Fsp3) is 0.733. The summed E-state index contributed by atoms with van der Waals surface area (Å²) in [6.07, 6.45) is 0.0835. The lowest BCUT2D eigenvalue weighted by Crippen LogP contribution is -2.68. The van der Waals surface area contributed by atoms with Crippen molar-refractivity contribution < 1.29 is 42.6 Å². The van der Waals surface area contributed by atoms with E-state index in [1.807, 2.05) is 6.92 Å². The van der Waals surface area contributed by atoms with Crippen LogP contribution >= 0.6 is 0 Å². The van der Waals surface area contributed by atoms with Gasteiger partial charge in [-0.15, -0.1) is 0 Å². The molecule has 236 valence electrons. The molecule has 1 saturated heterocycles. The monoisotopic (exact) mass is 607 g/mol. The Bertz CT molecular complexity index is 1400. The van der Waals surface area contributed by atoms with E-state index in [1.165, 1.54) is 17.0 Å². The van der Waals surface area contributed by atoms with Crippen molar-refractivity contribution in [3.63, 3.8) is 0 Å². The molecule has 1 aliphatic heterocycles. The lowest BCUT2D eigenvalue weighted by Gasteiger charge is -2.72. The normalized spacial score (nSPS) is 35.6. The fourth-order valence-electron chi connectivity index (χ4n) is 8.44. The summed E-state index contributed by atoms with van der Waals surface area (Å²) in [7, 11) is -1.61. The molecule has 9 nitrogen and oxygen atoms in total. The maximum Gasteiger partial charge on any atom is 0.458 e. The highest BCUT2D eigenvalue weighted by molar-refractivity contribution is 6.46. The Morgan fingerprint density at radius 3 is 2.26 bits per heavy atom. The lowest BCUT2D eigenvalue weighted by molar-refractivity contribution is -0.173. The van der Waals surface area contributed by atoms with Crippen LogP contribution in [0.1, 0.15) is 91.2 Å². The summed E-state index contributed by atoms with van der Waals surface area (Å²) in [5, 5.41) is 30.8. The summed E-state index contributed by atoms with van der Waals surface area (Å²) in [5.41, 5.74) is -2.75. The van der Waals surface area contributed by atoms with Gasteiger partial charge in [0.05, 0.1) is 34.6 Å². The number of alkyl halides is 3. The molecule has 5 fully saturated rings. The average Bonchev–Trinajstić information content (AvgIpc) is 3.19. The van der Waals surface area contributed by atoms with Crippen LogP contribution in [0.3, 0.4) is 0 Å². The molecule has 2 aromatic rings. The highest BCUT2D eigenvalue weighted by atomic mass is 19.4. The van der Waals surface area contributed by atoms with Gasteiger partial charge in [-0.3, -0.25) is 4.90 Å². The molecule has 7 rings (SSSR count). The van der Waals surface area contributed by atoms with Gasteiger partial charge in [0.15, 0.2) is 0 Å². The number of piperidine rings is 1. The number of hydrogen-bond acceptors (Lipinski definition) is 7. The van der Waals surface area contributed by atoms with Crippen LogP contribution in [0.15, 0.2) is 18.5 Å². The molecule has 0 spiro atoms.